The second-order valence-electron chi connectivity index (χ2n) is 3.92. The van der Waals surface area contributed by atoms with Crippen LogP contribution >= 0.6 is 11.6 Å². The van der Waals surface area contributed by atoms with E-state index in [0.717, 1.165) is 18.1 Å². The van der Waals surface area contributed by atoms with Gasteiger partial charge in [0.15, 0.2) is 0 Å². The van der Waals surface area contributed by atoms with Gasteiger partial charge in [-0.25, -0.2) is 9.97 Å². The molecule has 17 heavy (non-hydrogen) atoms. The number of ether oxygens (including phenoxy) is 1. The average molecular weight is 255 g/mol. The van der Waals surface area contributed by atoms with E-state index in [-0.39, 0.29) is 5.28 Å². The Balaban J connectivity index is 2.30. The molecular formula is C11H15ClN4O. The van der Waals surface area contributed by atoms with Gasteiger partial charge >= 0.3 is 0 Å². The summed E-state index contributed by atoms with van der Waals surface area (Å²) in [5.74, 6) is 0.829. The van der Waals surface area contributed by atoms with Crippen LogP contribution in [-0.4, -0.2) is 49.0 Å². The summed E-state index contributed by atoms with van der Waals surface area (Å²) in [4.78, 5) is 14.4. The SMILES string of the molecule is C/N=C/c1cc(N2CCOC[C@H]2C)nc(Cl)n1. The number of rotatable bonds is 2. The lowest BCUT2D eigenvalue weighted by atomic mass is 10.2. The third-order valence-corrected chi connectivity index (χ3v) is 2.80. The van der Waals surface area contributed by atoms with Crippen LogP contribution in [0.1, 0.15) is 12.6 Å². The van der Waals surface area contributed by atoms with Crippen LogP contribution in [0, 0.1) is 0 Å². The Morgan fingerprint density at radius 3 is 3.12 bits per heavy atom. The highest BCUT2D eigenvalue weighted by Gasteiger charge is 2.20. The highest BCUT2D eigenvalue weighted by molar-refractivity contribution is 6.28. The first kappa shape index (κ1) is 12.3. The first-order valence-electron chi connectivity index (χ1n) is 5.52. The lowest BCUT2D eigenvalue weighted by molar-refractivity contribution is 0.0985. The van der Waals surface area contributed by atoms with Crippen molar-refractivity contribution in [2.24, 2.45) is 4.99 Å². The third kappa shape index (κ3) is 2.92. The molecule has 1 aromatic rings. The number of morpholine rings is 1. The Bertz CT molecular complexity index is 424. The summed E-state index contributed by atoms with van der Waals surface area (Å²) < 4.78 is 5.40. The van der Waals surface area contributed by atoms with Crippen LogP contribution in [-0.2, 0) is 4.74 Å². The van der Waals surface area contributed by atoms with Gasteiger partial charge in [-0.2, -0.15) is 0 Å². The molecule has 0 N–H and O–H groups in total. The van der Waals surface area contributed by atoms with Crippen molar-refractivity contribution < 1.29 is 4.74 Å². The van der Waals surface area contributed by atoms with Crippen LogP contribution in [0.15, 0.2) is 11.1 Å². The zero-order valence-corrected chi connectivity index (χ0v) is 10.7. The van der Waals surface area contributed by atoms with Gasteiger partial charge in [0.05, 0.1) is 24.9 Å². The van der Waals surface area contributed by atoms with E-state index in [1.807, 2.05) is 6.07 Å². The maximum atomic E-state index is 5.91. The average Bonchev–Trinajstić information content (AvgIpc) is 2.29. The smallest absolute Gasteiger partial charge is 0.224 e. The standard InChI is InChI=1S/C11H15ClN4O/c1-8-7-17-4-3-16(8)10-5-9(6-13-2)14-11(12)15-10/h5-6,8H,3-4,7H2,1-2H3/b13-6+/t8-/m1/s1. The predicted molar refractivity (Wildman–Crippen MR) is 68.2 cm³/mol. The molecule has 0 saturated carbocycles. The Morgan fingerprint density at radius 2 is 2.41 bits per heavy atom. The molecule has 92 valence electrons. The van der Waals surface area contributed by atoms with E-state index in [1.54, 1.807) is 13.3 Å². The van der Waals surface area contributed by atoms with Crippen molar-refractivity contribution in [3.63, 3.8) is 0 Å². The third-order valence-electron chi connectivity index (χ3n) is 2.63. The summed E-state index contributed by atoms with van der Waals surface area (Å²) in [5, 5.41) is 0.246. The summed E-state index contributed by atoms with van der Waals surface area (Å²) in [6.07, 6.45) is 1.67. The van der Waals surface area contributed by atoms with Crippen molar-refractivity contribution >= 4 is 23.6 Å². The summed E-state index contributed by atoms with van der Waals surface area (Å²) in [5.41, 5.74) is 0.723. The van der Waals surface area contributed by atoms with Gasteiger partial charge in [-0.3, -0.25) is 4.99 Å². The van der Waals surface area contributed by atoms with Gasteiger partial charge in [0, 0.05) is 25.9 Å². The molecule has 5 nitrogen and oxygen atoms in total. The topological polar surface area (TPSA) is 50.6 Å². The Kier molecular flexibility index (Phi) is 3.91. The molecule has 0 aromatic carbocycles. The second kappa shape index (κ2) is 5.42. The molecule has 0 spiro atoms. The first-order chi connectivity index (χ1) is 8.20. The molecule has 0 unspecified atom stereocenters. The summed E-state index contributed by atoms with van der Waals surface area (Å²) >= 11 is 5.91. The molecule has 1 aliphatic heterocycles. The molecule has 2 heterocycles. The predicted octanol–water partition coefficient (Wildman–Crippen LogP) is 1.40. The zero-order valence-electron chi connectivity index (χ0n) is 9.93. The monoisotopic (exact) mass is 254 g/mol. The lowest BCUT2D eigenvalue weighted by Crippen LogP contribution is -2.44. The number of aromatic nitrogens is 2. The van der Waals surface area contributed by atoms with Crippen molar-refractivity contribution in [3.8, 4) is 0 Å². The van der Waals surface area contributed by atoms with Crippen molar-refractivity contribution in [3.05, 3.63) is 17.0 Å². The molecule has 0 radical (unpaired) electrons. The van der Waals surface area contributed by atoms with Crippen molar-refractivity contribution in [2.45, 2.75) is 13.0 Å². The number of hydrogen-bond donors (Lipinski definition) is 0. The summed E-state index contributed by atoms with van der Waals surface area (Å²) in [7, 11) is 1.70. The molecule has 0 bridgehead atoms. The van der Waals surface area contributed by atoms with Gasteiger partial charge < -0.3 is 9.64 Å². The highest BCUT2D eigenvalue weighted by Crippen LogP contribution is 2.19. The maximum Gasteiger partial charge on any atom is 0.224 e. The molecule has 1 fully saturated rings. The van der Waals surface area contributed by atoms with E-state index in [1.165, 1.54) is 0 Å². The van der Waals surface area contributed by atoms with Crippen LogP contribution in [0.3, 0.4) is 0 Å². The fourth-order valence-corrected chi connectivity index (χ4v) is 2.02. The Hall–Kier alpha value is -1.20. The van der Waals surface area contributed by atoms with Crippen LogP contribution in [0.25, 0.3) is 0 Å². The number of halogens is 1. The Labute approximate surface area is 105 Å². The number of aliphatic imine (C=N–C) groups is 1. The van der Waals surface area contributed by atoms with E-state index >= 15 is 0 Å². The molecule has 1 aliphatic rings. The van der Waals surface area contributed by atoms with E-state index < -0.39 is 0 Å². The van der Waals surface area contributed by atoms with E-state index in [2.05, 4.69) is 26.8 Å². The number of hydrogen-bond acceptors (Lipinski definition) is 5. The van der Waals surface area contributed by atoms with Gasteiger partial charge in [-0.05, 0) is 18.5 Å². The van der Waals surface area contributed by atoms with Crippen molar-refractivity contribution in [1.29, 1.82) is 0 Å². The summed E-state index contributed by atoms with van der Waals surface area (Å²) in [6, 6.07) is 2.18. The zero-order chi connectivity index (χ0) is 12.3. The van der Waals surface area contributed by atoms with Gasteiger partial charge in [-0.15, -0.1) is 0 Å². The normalized spacial score (nSPS) is 21.1. The first-order valence-corrected chi connectivity index (χ1v) is 5.89. The number of nitrogens with zero attached hydrogens (tertiary/aromatic N) is 4. The Morgan fingerprint density at radius 1 is 1.59 bits per heavy atom. The minimum absolute atomic E-state index is 0.246. The van der Waals surface area contributed by atoms with Gasteiger partial charge in [0.25, 0.3) is 0 Å². The van der Waals surface area contributed by atoms with Crippen LogP contribution < -0.4 is 4.90 Å². The molecule has 0 aliphatic carbocycles. The van der Waals surface area contributed by atoms with E-state index in [9.17, 15) is 0 Å². The lowest BCUT2D eigenvalue weighted by Gasteiger charge is -2.34. The second-order valence-corrected chi connectivity index (χ2v) is 4.26. The van der Waals surface area contributed by atoms with E-state index in [4.69, 9.17) is 16.3 Å². The van der Waals surface area contributed by atoms with Gasteiger partial charge in [0.1, 0.15) is 5.82 Å². The minimum Gasteiger partial charge on any atom is -0.377 e. The van der Waals surface area contributed by atoms with Crippen LogP contribution in [0.4, 0.5) is 5.82 Å². The minimum atomic E-state index is 0.246. The molecule has 6 heteroatoms. The molecular weight excluding hydrogens is 240 g/mol. The van der Waals surface area contributed by atoms with Crippen LogP contribution in [0.2, 0.25) is 5.28 Å². The molecule has 1 saturated heterocycles. The molecule has 1 aromatic heterocycles. The molecule has 2 rings (SSSR count). The maximum absolute atomic E-state index is 5.91. The quantitative estimate of drug-likeness (QED) is 0.591. The molecule has 0 amide bonds. The van der Waals surface area contributed by atoms with Crippen LogP contribution in [0.5, 0.6) is 0 Å². The highest BCUT2D eigenvalue weighted by atomic mass is 35.5. The largest absolute Gasteiger partial charge is 0.377 e. The number of anilines is 1. The van der Waals surface area contributed by atoms with Crippen molar-refractivity contribution in [2.75, 3.05) is 31.7 Å². The summed E-state index contributed by atoms with van der Waals surface area (Å²) in [6.45, 7) is 4.34. The van der Waals surface area contributed by atoms with Gasteiger partial charge in [0.2, 0.25) is 5.28 Å². The van der Waals surface area contributed by atoms with Gasteiger partial charge in [-0.1, -0.05) is 0 Å². The fourth-order valence-electron chi connectivity index (χ4n) is 1.84. The van der Waals surface area contributed by atoms with E-state index in [0.29, 0.717) is 19.3 Å². The fraction of sp³-hybridized carbons (Fsp3) is 0.545. The molecule has 1 atom stereocenters. The van der Waals surface area contributed by atoms with Crippen molar-refractivity contribution in [1.82, 2.24) is 9.97 Å².